The third-order valence-electron chi connectivity index (χ3n) is 4.13. The molecule has 0 aliphatic carbocycles. The summed E-state index contributed by atoms with van der Waals surface area (Å²) in [6.45, 7) is 5.73. The fourth-order valence-electron chi connectivity index (χ4n) is 2.90. The molecule has 0 bridgehead atoms. The number of likely N-dealkylation sites (tertiary alicyclic amines) is 1. The highest BCUT2D eigenvalue weighted by atomic mass is 35.5. The standard InChI is InChI=1S/C17H26N2O3.ClH/c1-2-21-8-9-22-13-17(20)19-11-15(10-18)16(12-19)14-6-4-3-5-7-14;/h3-7,15-16H,2,8-13,18H2,1H3;1H/t15-,16+;/m1./s1. The van der Waals surface area contributed by atoms with Gasteiger partial charge >= 0.3 is 0 Å². The van der Waals surface area contributed by atoms with Gasteiger partial charge in [-0.3, -0.25) is 4.79 Å². The van der Waals surface area contributed by atoms with Crippen LogP contribution in [0.5, 0.6) is 0 Å². The van der Waals surface area contributed by atoms with Crippen molar-refractivity contribution in [2.45, 2.75) is 12.8 Å². The largest absolute Gasteiger partial charge is 0.379 e. The van der Waals surface area contributed by atoms with Crippen molar-refractivity contribution in [3.05, 3.63) is 35.9 Å². The molecule has 0 unspecified atom stereocenters. The van der Waals surface area contributed by atoms with Crippen molar-refractivity contribution in [3.8, 4) is 0 Å². The molecule has 1 aliphatic rings. The Balaban J connectivity index is 0.00000264. The zero-order chi connectivity index (χ0) is 15.8. The van der Waals surface area contributed by atoms with Gasteiger partial charge in [0, 0.05) is 25.6 Å². The van der Waals surface area contributed by atoms with Gasteiger partial charge in [0.1, 0.15) is 6.61 Å². The molecule has 23 heavy (non-hydrogen) atoms. The van der Waals surface area contributed by atoms with Crippen LogP contribution in [0.1, 0.15) is 18.4 Å². The number of nitrogens with two attached hydrogens (primary N) is 1. The minimum absolute atomic E-state index is 0. The van der Waals surface area contributed by atoms with Crippen LogP contribution in [0.3, 0.4) is 0 Å². The SMILES string of the molecule is CCOCCOCC(=O)N1C[C@@H](CN)[C@H](c2ccccc2)C1.Cl. The van der Waals surface area contributed by atoms with E-state index in [-0.39, 0.29) is 24.9 Å². The van der Waals surface area contributed by atoms with E-state index < -0.39 is 0 Å². The van der Waals surface area contributed by atoms with Crippen LogP contribution in [0.25, 0.3) is 0 Å². The van der Waals surface area contributed by atoms with E-state index in [1.165, 1.54) is 5.56 Å². The predicted molar refractivity (Wildman–Crippen MR) is 92.9 cm³/mol. The maximum absolute atomic E-state index is 12.2. The van der Waals surface area contributed by atoms with E-state index in [4.69, 9.17) is 15.2 Å². The fraction of sp³-hybridized carbons (Fsp3) is 0.588. The number of carbonyl (C=O) groups excluding carboxylic acids is 1. The van der Waals surface area contributed by atoms with E-state index in [9.17, 15) is 4.79 Å². The average molecular weight is 343 g/mol. The van der Waals surface area contributed by atoms with Crippen LogP contribution in [0.15, 0.2) is 30.3 Å². The fourth-order valence-corrected chi connectivity index (χ4v) is 2.90. The number of benzene rings is 1. The van der Waals surface area contributed by atoms with Gasteiger partial charge in [0.15, 0.2) is 0 Å². The maximum Gasteiger partial charge on any atom is 0.248 e. The van der Waals surface area contributed by atoms with E-state index in [1.54, 1.807) is 0 Å². The lowest BCUT2D eigenvalue weighted by Crippen LogP contribution is -2.33. The van der Waals surface area contributed by atoms with Crippen LogP contribution >= 0.6 is 12.4 Å². The van der Waals surface area contributed by atoms with E-state index in [2.05, 4.69) is 12.1 Å². The number of amides is 1. The topological polar surface area (TPSA) is 64.8 Å². The predicted octanol–water partition coefficient (Wildman–Crippen LogP) is 1.66. The molecule has 1 aromatic rings. The molecule has 130 valence electrons. The molecule has 0 aromatic heterocycles. The molecule has 1 saturated heterocycles. The van der Waals surface area contributed by atoms with Crippen LogP contribution in [0, 0.1) is 5.92 Å². The summed E-state index contributed by atoms with van der Waals surface area (Å²) in [5.41, 5.74) is 7.15. The molecule has 2 rings (SSSR count). The van der Waals surface area contributed by atoms with Crippen LogP contribution in [0.4, 0.5) is 0 Å². The Bertz CT molecular complexity index is 458. The number of ether oxygens (including phenoxy) is 2. The average Bonchev–Trinajstić information content (AvgIpc) is 3.00. The van der Waals surface area contributed by atoms with Gasteiger partial charge in [0.25, 0.3) is 0 Å². The van der Waals surface area contributed by atoms with Crippen molar-refractivity contribution < 1.29 is 14.3 Å². The highest BCUT2D eigenvalue weighted by molar-refractivity contribution is 5.85. The summed E-state index contributed by atoms with van der Waals surface area (Å²) in [5.74, 6) is 0.668. The van der Waals surface area contributed by atoms with Crippen LogP contribution in [-0.4, -0.2) is 56.9 Å². The highest BCUT2D eigenvalue weighted by Crippen LogP contribution is 2.31. The van der Waals surface area contributed by atoms with E-state index in [1.807, 2.05) is 30.0 Å². The summed E-state index contributed by atoms with van der Waals surface area (Å²) in [7, 11) is 0. The van der Waals surface area contributed by atoms with Gasteiger partial charge in [0.2, 0.25) is 5.91 Å². The summed E-state index contributed by atoms with van der Waals surface area (Å²) in [6, 6.07) is 10.3. The Morgan fingerprint density at radius 2 is 1.91 bits per heavy atom. The molecular formula is C17H27ClN2O3. The number of nitrogens with zero attached hydrogens (tertiary/aromatic N) is 1. The van der Waals surface area contributed by atoms with Gasteiger partial charge in [-0.15, -0.1) is 12.4 Å². The Morgan fingerprint density at radius 3 is 2.57 bits per heavy atom. The van der Waals surface area contributed by atoms with E-state index in [0.717, 1.165) is 6.54 Å². The molecule has 1 aliphatic heterocycles. The Hall–Kier alpha value is -1.14. The molecule has 2 N–H and O–H groups in total. The van der Waals surface area contributed by atoms with Crippen LogP contribution in [-0.2, 0) is 14.3 Å². The molecule has 0 saturated carbocycles. The van der Waals surface area contributed by atoms with E-state index >= 15 is 0 Å². The normalized spacial score (nSPS) is 20.3. The highest BCUT2D eigenvalue weighted by Gasteiger charge is 2.35. The monoisotopic (exact) mass is 342 g/mol. The minimum atomic E-state index is 0. The first-order valence-electron chi connectivity index (χ1n) is 7.94. The number of rotatable bonds is 8. The third kappa shape index (κ3) is 5.77. The quantitative estimate of drug-likeness (QED) is 0.730. The van der Waals surface area contributed by atoms with Gasteiger partial charge in [-0.2, -0.15) is 0 Å². The minimum Gasteiger partial charge on any atom is -0.379 e. The van der Waals surface area contributed by atoms with Crippen molar-refractivity contribution in [1.29, 1.82) is 0 Å². The molecule has 6 heteroatoms. The second kappa shape index (κ2) is 10.6. The Kier molecular flexibility index (Phi) is 9.17. The Labute approximate surface area is 144 Å². The second-order valence-electron chi connectivity index (χ2n) is 5.56. The summed E-state index contributed by atoms with van der Waals surface area (Å²) < 4.78 is 10.6. The first kappa shape index (κ1) is 19.9. The maximum atomic E-state index is 12.2. The summed E-state index contributed by atoms with van der Waals surface area (Å²) in [5, 5.41) is 0. The molecule has 1 aromatic carbocycles. The number of halogens is 1. The molecule has 5 nitrogen and oxygen atoms in total. The van der Waals surface area contributed by atoms with Gasteiger partial charge in [-0.05, 0) is 24.9 Å². The van der Waals surface area contributed by atoms with Gasteiger partial charge in [-0.25, -0.2) is 0 Å². The first-order valence-corrected chi connectivity index (χ1v) is 7.94. The smallest absolute Gasteiger partial charge is 0.248 e. The van der Waals surface area contributed by atoms with E-state index in [0.29, 0.717) is 44.7 Å². The van der Waals surface area contributed by atoms with Crippen molar-refractivity contribution in [3.63, 3.8) is 0 Å². The number of carbonyl (C=O) groups is 1. The number of hydrogen-bond acceptors (Lipinski definition) is 4. The van der Waals surface area contributed by atoms with Crippen molar-refractivity contribution in [2.24, 2.45) is 11.7 Å². The lowest BCUT2D eigenvalue weighted by molar-refractivity contribution is -0.135. The van der Waals surface area contributed by atoms with Crippen LogP contribution in [0.2, 0.25) is 0 Å². The molecule has 1 heterocycles. The van der Waals surface area contributed by atoms with Crippen molar-refractivity contribution >= 4 is 18.3 Å². The molecule has 0 spiro atoms. The Morgan fingerprint density at radius 1 is 1.22 bits per heavy atom. The summed E-state index contributed by atoms with van der Waals surface area (Å²) in [4.78, 5) is 14.1. The van der Waals surface area contributed by atoms with Crippen molar-refractivity contribution in [1.82, 2.24) is 4.90 Å². The van der Waals surface area contributed by atoms with Crippen LogP contribution < -0.4 is 5.73 Å². The van der Waals surface area contributed by atoms with Gasteiger partial charge in [-0.1, -0.05) is 30.3 Å². The number of hydrogen-bond donors (Lipinski definition) is 1. The lowest BCUT2D eigenvalue weighted by Gasteiger charge is -2.17. The summed E-state index contributed by atoms with van der Waals surface area (Å²) in [6.07, 6.45) is 0. The molecule has 2 atom stereocenters. The second-order valence-corrected chi connectivity index (χ2v) is 5.56. The molecule has 1 fully saturated rings. The third-order valence-corrected chi connectivity index (χ3v) is 4.13. The van der Waals surface area contributed by atoms with Gasteiger partial charge < -0.3 is 20.1 Å². The molecule has 1 amide bonds. The van der Waals surface area contributed by atoms with Crippen molar-refractivity contribution in [2.75, 3.05) is 46.1 Å². The molecular weight excluding hydrogens is 316 g/mol. The summed E-state index contributed by atoms with van der Waals surface area (Å²) >= 11 is 0. The zero-order valence-corrected chi connectivity index (χ0v) is 14.5. The molecule has 0 radical (unpaired) electrons. The zero-order valence-electron chi connectivity index (χ0n) is 13.6. The first-order chi connectivity index (χ1) is 10.8. The lowest BCUT2D eigenvalue weighted by atomic mass is 9.89. The van der Waals surface area contributed by atoms with Gasteiger partial charge in [0.05, 0.1) is 13.2 Å².